The van der Waals surface area contributed by atoms with Gasteiger partial charge in [-0.05, 0) is 31.2 Å². The Bertz CT molecular complexity index is 845. The van der Waals surface area contributed by atoms with Crippen molar-refractivity contribution >= 4 is 29.6 Å². The molecule has 0 aliphatic rings. The number of rotatable bonds is 13. The molecular weight excluding hydrogens is 430 g/mol. The Kier molecular flexibility index (Phi) is 11.0. The molecule has 0 aliphatic carbocycles. The van der Waals surface area contributed by atoms with Crippen molar-refractivity contribution in [2.75, 3.05) is 0 Å². The molecule has 11 heteroatoms. The minimum absolute atomic E-state index is 0.00171. The van der Waals surface area contributed by atoms with Gasteiger partial charge in [0.2, 0.25) is 23.6 Å². The van der Waals surface area contributed by atoms with Crippen molar-refractivity contribution in [3.8, 4) is 0 Å². The van der Waals surface area contributed by atoms with Crippen LogP contribution in [0.5, 0.6) is 0 Å². The molecule has 0 saturated heterocycles. The van der Waals surface area contributed by atoms with E-state index in [9.17, 15) is 24.0 Å². The molecule has 0 radical (unpaired) electrons. The van der Waals surface area contributed by atoms with E-state index in [1.54, 1.807) is 0 Å². The number of amides is 4. The lowest BCUT2D eigenvalue weighted by molar-refractivity contribution is -0.142. The largest absolute Gasteiger partial charge is 0.480 e. The minimum Gasteiger partial charge on any atom is -0.480 e. The van der Waals surface area contributed by atoms with Crippen LogP contribution >= 0.6 is 0 Å². The molecule has 0 aliphatic heterocycles. The number of nitrogens with one attached hydrogen (secondary N) is 3. The van der Waals surface area contributed by atoms with Gasteiger partial charge in [0.1, 0.15) is 18.1 Å². The molecule has 11 nitrogen and oxygen atoms in total. The molecule has 1 aromatic carbocycles. The zero-order chi connectivity index (χ0) is 25.1. The fourth-order valence-corrected chi connectivity index (χ4v) is 3.00. The average molecular weight is 464 g/mol. The molecule has 182 valence electrons. The number of primary amides is 1. The monoisotopic (exact) mass is 463 g/mol. The number of aliphatic carboxylic acids is 1. The van der Waals surface area contributed by atoms with E-state index in [2.05, 4.69) is 16.0 Å². The second-order valence-corrected chi connectivity index (χ2v) is 8.29. The van der Waals surface area contributed by atoms with Crippen LogP contribution in [0, 0.1) is 5.92 Å². The molecule has 0 heterocycles. The van der Waals surface area contributed by atoms with Gasteiger partial charge in [0.25, 0.3) is 0 Å². The fourth-order valence-electron chi connectivity index (χ4n) is 3.00. The summed E-state index contributed by atoms with van der Waals surface area (Å²) < 4.78 is 0. The van der Waals surface area contributed by atoms with Gasteiger partial charge in [0.05, 0.1) is 12.5 Å². The molecule has 0 saturated carbocycles. The SMILES string of the molecule is CC(C)CC(NC(=O)C(N)Cc1ccccc1)C(=O)NC(CC(N)=O)C(=O)NC(C)C(=O)O. The van der Waals surface area contributed by atoms with Gasteiger partial charge in [-0.1, -0.05) is 44.2 Å². The van der Waals surface area contributed by atoms with Gasteiger partial charge in [0, 0.05) is 0 Å². The standard InChI is InChI=1S/C22H33N5O6/c1-12(2)9-16(26-19(29)15(23)10-14-7-5-4-6-8-14)21(31)27-17(11-18(24)28)20(30)25-13(3)22(32)33/h4-8,12-13,15-17H,9-11,23H2,1-3H3,(H2,24,28)(H,25,30)(H,26,29)(H,27,31)(H,32,33). The van der Waals surface area contributed by atoms with E-state index in [1.165, 1.54) is 6.92 Å². The summed E-state index contributed by atoms with van der Waals surface area (Å²) in [6.45, 7) is 4.93. The molecule has 4 amide bonds. The second kappa shape index (κ2) is 13.2. The van der Waals surface area contributed by atoms with E-state index >= 15 is 0 Å². The van der Waals surface area contributed by atoms with Crippen molar-refractivity contribution in [3.63, 3.8) is 0 Å². The van der Waals surface area contributed by atoms with Crippen molar-refractivity contribution in [1.82, 2.24) is 16.0 Å². The van der Waals surface area contributed by atoms with Crippen molar-refractivity contribution in [1.29, 1.82) is 0 Å². The van der Waals surface area contributed by atoms with Crippen molar-refractivity contribution in [2.45, 2.75) is 64.2 Å². The molecule has 4 atom stereocenters. The van der Waals surface area contributed by atoms with E-state index in [1.807, 2.05) is 44.2 Å². The molecule has 0 fully saturated rings. The highest BCUT2D eigenvalue weighted by Gasteiger charge is 2.30. The number of benzene rings is 1. The molecule has 8 N–H and O–H groups in total. The Hall–Kier alpha value is -3.47. The van der Waals surface area contributed by atoms with E-state index in [4.69, 9.17) is 16.6 Å². The predicted molar refractivity (Wildman–Crippen MR) is 120 cm³/mol. The Morgan fingerprint density at radius 1 is 0.879 bits per heavy atom. The van der Waals surface area contributed by atoms with Crippen LogP contribution in [0.25, 0.3) is 0 Å². The maximum atomic E-state index is 12.9. The highest BCUT2D eigenvalue weighted by molar-refractivity contribution is 5.96. The topological polar surface area (TPSA) is 194 Å². The van der Waals surface area contributed by atoms with Gasteiger partial charge in [-0.25, -0.2) is 0 Å². The molecular formula is C22H33N5O6. The zero-order valence-corrected chi connectivity index (χ0v) is 19.0. The summed E-state index contributed by atoms with van der Waals surface area (Å²) in [5.41, 5.74) is 12.0. The Morgan fingerprint density at radius 3 is 1.94 bits per heavy atom. The predicted octanol–water partition coefficient (Wildman–Crippen LogP) is -0.963. The summed E-state index contributed by atoms with van der Waals surface area (Å²) in [5.74, 6) is -4.30. The Morgan fingerprint density at radius 2 is 1.42 bits per heavy atom. The smallest absolute Gasteiger partial charge is 0.325 e. The maximum absolute atomic E-state index is 12.9. The summed E-state index contributed by atoms with van der Waals surface area (Å²) >= 11 is 0. The van der Waals surface area contributed by atoms with Gasteiger partial charge < -0.3 is 32.5 Å². The third-order valence-electron chi connectivity index (χ3n) is 4.74. The van der Waals surface area contributed by atoms with E-state index < -0.39 is 60.2 Å². The number of carbonyl (C=O) groups is 5. The van der Waals surface area contributed by atoms with Crippen LogP contribution in [0.1, 0.15) is 39.2 Å². The molecule has 0 bridgehead atoms. The molecule has 0 aromatic heterocycles. The van der Waals surface area contributed by atoms with E-state index in [0.717, 1.165) is 5.56 Å². The van der Waals surface area contributed by atoms with Crippen molar-refractivity contribution in [3.05, 3.63) is 35.9 Å². The van der Waals surface area contributed by atoms with Crippen LogP contribution in [-0.2, 0) is 30.4 Å². The third kappa shape index (κ3) is 10.1. The summed E-state index contributed by atoms with van der Waals surface area (Å²) in [4.78, 5) is 60.3. The van der Waals surface area contributed by atoms with Gasteiger partial charge in [-0.3, -0.25) is 24.0 Å². The highest BCUT2D eigenvalue weighted by Crippen LogP contribution is 2.08. The third-order valence-corrected chi connectivity index (χ3v) is 4.74. The summed E-state index contributed by atoms with van der Waals surface area (Å²) in [6, 6.07) is 4.57. The lowest BCUT2D eigenvalue weighted by Gasteiger charge is -2.25. The zero-order valence-electron chi connectivity index (χ0n) is 19.0. The normalized spacial score (nSPS) is 14.5. The Balaban J connectivity index is 2.91. The minimum atomic E-state index is -1.40. The molecule has 4 unspecified atom stereocenters. The summed E-state index contributed by atoms with van der Waals surface area (Å²) in [7, 11) is 0. The number of nitrogens with two attached hydrogens (primary N) is 2. The van der Waals surface area contributed by atoms with Gasteiger partial charge in [-0.2, -0.15) is 0 Å². The Labute approximate surface area is 192 Å². The molecule has 1 rings (SSSR count). The molecule has 0 spiro atoms. The van der Waals surface area contributed by atoms with E-state index in [-0.39, 0.29) is 18.8 Å². The quantitative estimate of drug-likeness (QED) is 0.217. The number of carbonyl (C=O) groups excluding carboxylic acids is 4. The number of carboxylic acids is 1. The van der Waals surface area contributed by atoms with Crippen LogP contribution in [0.4, 0.5) is 0 Å². The first kappa shape index (κ1) is 27.6. The lowest BCUT2D eigenvalue weighted by atomic mass is 10.0. The summed E-state index contributed by atoms with van der Waals surface area (Å²) in [5, 5.41) is 16.2. The summed E-state index contributed by atoms with van der Waals surface area (Å²) in [6.07, 6.45) is -0.0334. The van der Waals surface area contributed by atoms with Crippen LogP contribution in [0.3, 0.4) is 0 Å². The number of hydrogen-bond donors (Lipinski definition) is 6. The van der Waals surface area contributed by atoms with Crippen LogP contribution in [0.15, 0.2) is 30.3 Å². The fraction of sp³-hybridized carbons (Fsp3) is 0.500. The first-order valence-electron chi connectivity index (χ1n) is 10.6. The first-order chi connectivity index (χ1) is 15.4. The molecule has 33 heavy (non-hydrogen) atoms. The first-order valence-corrected chi connectivity index (χ1v) is 10.6. The van der Waals surface area contributed by atoms with Gasteiger partial charge >= 0.3 is 5.97 Å². The van der Waals surface area contributed by atoms with E-state index in [0.29, 0.717) is 0 Å². The van der Waals surface area contributed by atoms with Crippen LogP contribution in [0.2, 0.25) is 0 Å². The van der Waals surface area contributed by atoms with Gasteiger partial charge in [-0.15, -0.1) is 0 Å². The molecule has 1 aromatic rings. The lowest BCUT2D eigenvalue weighted by Crippen LogP contribution is -2.57. The van der Waals surface area contributed by atoms with Crippen molar-refractivity contribution in [2.24, 2.45) is 17.4 Å². The van der Waals surface area contributed by atoms with Crippen LogP contribution < -0.4 is 27.4 Å². The number of hydrogen-bond acceptors (Lipinski definition) is 6. The number of carboxylic acid groups (broad SMARTS) is 1. The average Bonchev–Trinajstić information content (AvgIpc) is 2.72. The highest BCUT2D eigenvalue weighted by atomic mass is 16.4. The maximum Gasteiger partial charge on any atom is 0.325 e. The van der Waals surface area contributed by atoms with Crippen LogP contribution in [-0.4, -0.2) is 58.9 Å². The van der Waals surface area contributed by atoms with Crippen molar-refractivity contribution < 1.29 is 29.1 Å². The van der Waals surface area contributed by atoms with Gasteiger partial charge in [0.15, 0.2) is 0 Å². The second-order valence-electron chi connectivity index (χ2n) is 8.29.